The first-order valence-electron chi connectivity index (χ1n) is 9.13. The van der Waals surface area contributed by atoms with Crippen molar-refractivity contribution in [2.75, 3.05) is 19.6 Å². The molecule has 1 saturated carbocycles. The van der Waals surface area contributed by atoms with Crippen molar-refractivity contribution in [3.63, 3.8) is 0 Å². The van der Waals surface area contributed by atoms with Gasteiger partial charge in [-0.05, 0) is 49.9 Å². The Morgan fingerprint density at radius 2 is 2.00 bits per heavy atom. The maximum Gasteiger partial charge on any atom is 0.416 e. The van der Waals surface area contributed by atoms with Crippen molar-refractivity contribution in [1.29, 1.82) is 0 Å². The summed E-state index contributed by atoms with van der Waals surface area (Å²) in [5, 5.41) is 4.28. The molecule has 1 aliphatic carbocycles. The molecule has 4 rings (SSSR count). The third kappa shape index (κ3) is 3.89. The lowest BCUT2D eigenvalue weighted by Crippen LogP contribution is -2.30. The number of nitrogens with zero attached hydrogens (tertiary/aromatic N) is 3. The van der Waals surface area contributed by atoms with Crippen molar-refractivity contribution in [3.8, 4) is 5.69 Å². The monoisotopic (exact) mass is 414 g/mol. The first-order chi connectivity index (χ1) is 12.9. The molecule has 1 amide bonds. The van der Waals surface area contributed by atoms with Gasteiger partial charge in [0.25, 0.3) is 5.91 Å². The van der Waals surface area contributed by atoms with Gasteiger partial charge in [-0.25, -0.2) is 4.68 Å². The molecule has 2 aliphatic rings. The number of hydrogen-bond acceptors (Lipinski definition) is 3. The van der Waals surface area contributed by atoms with Crippen LogP contribution in [0.2, 0.25) is 0 Å². The van der Waals surface area contributed by atoms with Crippen LogP contribution in [0.4, 0.5) is 13.2 Å². The molecule has 0 bridgehead atoms. The highest BCUT2D eigenvalue weighted by Gasteiger charge is 2.36. The standard InChI is InChI=1S/C19H21F3N4O.ClH/c20-19(21,22)14-2-1-3-15(8-14)26-17(13-4-5-13)16(10-24-26)18(27)25-7-6-12(9-23)11-25;/h1-3,8,10,12-13H,4-7,9,11,23H2;1H. The number of rotatable bonds is 4. The minimum absolute atomic E-state index is 0. The van der Waals surface area contributed by atoms with Crippen LogP contribution in [-0.2, 0) is 6.18 Å². The van der Waals surface area contributed by atoms with Crippen molar-refractivity contribution in [1.82, 2.24) is 14.7 Å². The van der Waals surface area contributed by atoms with Crippen molar-refractivity contribution in [2.45, 2.75) is 31.4 Å². The molecule has 2 heterocycles. The van der Waals surface area contributed by atoms with Gasteiger partial charge >= 0.3 is 6.18 Å². The first-order valence-corrected chi connectivity index (χ1v) is 9.13. The third-order valence-electron chi connectivity index (χ3n) is 5.33. The molecule has 0 radical (unpaired) electrons. The summed E-state index contributed by atoms with van der Waals surface area (Å²) < 4.78 is 40.7. The summed E-state index contributed by atoms with van der Waals surface area (Å²) in [5.74, 6) is 0.358. The van der Waals surface area contributed by atoms with Gasteiger partial charge in [0.2, 0.25) is 0 Å². The van der Waals surface area contributed by atoms with Crippen LogP contribution in [-0.4, -0.2) is 40.2 Å². The van der Waals surface area contributed by atoms with Gasteiger partial charge in [0.05, 0.1) is 28.7 Å². The van der Waals surface area contributed by atoms with Gasteiger partial charge in [0.1, 0.15) is 0 Å². The molecule has 1 atom stereocenters. The Hall–Kier alpha value is -2.06. The first kappa shape index (κ1) is 20.7. The molecular weight excluding hydrogens is 393 g/mol. The van der Waals surface area contributed by atoms with Crippen LogP contribution in [0.25, 0.3) is 5.69 Å². The van der Waals surface area contributed by atoms with Crippen LogP contribution >= 0.6 is 12.4 Å². The van der Waals surface area contributed by atoms with E-state index in [1.807, 2.05) is 0 Å². The highest BCUT2D eigenvalue weighted by atomic mass is 35.5. The number of halogens is 4. The Bertz CT molecular complexity index is 863. The van der Waals surface area contributed by atoms with Gasteiger partial charge in [-0.1, -0.05) is 6.07 Å². The Labute approximate surface area is 167 Å². The number of carbonyl (C=O) groups is 1. The predicted molar refractivity (Wildman–Crippen MR) is 101 cm³/mol. The Morgan fingerprint density at radius 1 is 1.25 bits per heavy atom. The van der Waals surface area contributed by atoms with Crippen LogP contribution in [0.1, 0.15) is 46.8 Å². The van der Waals surface area contributed by atoms with E-state index in [0.717, 1.165) is 37.1 Å². The summed E-state index contributed by atoms with van der Waals surface area (Å²) in [6, 6.07) is 5.06. The third-order valence-corrected chi connectivity index (χ3v) is 5.33. The fourth-order valence-electron chi connectivity index (χ4n) is 3.67. The number of benzene rings is 1. The maximum absolute atomic E-state index is 13.1. The van der Waals surface area contributed by atoms with Gasteiger partial charge in [-0.2, -0.15) is 18.3 Å². The van der Waals surface area contributed by atoms with Gasteiger partial charge < -0.3 is 10.6 Å². The van der Waals surface area contributed by atoms with Crippen molar-refractivity contribution >= 4 is 18.3 Å². The Morgan fingerprint density at radius 3 is 2.61 bits per heavy atom. The highest BCUT2D eigenvalue weighted by Crippen LogP contribution is 2.43. The second-order valence-electron chi connectivity index (χ2n) is 7.32. The summed E-state index contributed by atoms with van der Waals surface area (Å²) in [6.07, 6.45) is -0.226. The minimum atomic E-state index is -4.42. The lowest BCUT2D eigenvalue weighted by molar-refractivity contribution is -0.137. The fourth-order valence-corrected chi connectivity index (χ4v) is 3.67. The molecule has 2 fully saturated rings. The van der Waals surface area contributed by atoms with E-state index >= 15 is 0 Å². The molecule has 1 aliphatic heterocycles. The zero-order valence-electron chi connectivity index (χ0n) is 15.2. The summed E-state index contributed by atoms with van der Waals surface area (Å²) in [7, 11) is 0. The lowest BCUT2D eigenvalue weighted by Gasteiger charge is -2.17. The smallest absolute Gasteiger partial charge is 0.338 e. The molecule has 9 heteroatoms. The van der Waals surface area contributed by atoms with Gasteiger partial charge in [-0.15, -0.1) is 12.4 Å². The summed E-state index contributed by atoms with van der Waals surface area (Å²) >= 11 is 0. The van der Waals surface area contributed by atoms with Gasteiger partial charge in [0.15, 0.2) is 0 Å². The number of likely N-dealkylation sites (tertiary alicyclic amines) is 1. The van der Waals surface area contributed by atoms with E-state index in [0.29, 0.717) is 36.8 Å². The Balaban J connectivity index is 0.00000225. The zero-order valence-corrected chi connectivity index (χ0v) is 16.0. The van der Waals surface area contributed by atoms with Crippen LogP contribution in [0, 0.1) is 5.92 Å². The number of nitrogens with two attached hydrogens (primary N) is 1. The van der Waals surface area contributed by atoms with Crippen LogP contribution in [0.3, 0.4) is 0 Å². The average Bonchev–Trinajstić information content (AvgIpc) is 3.21. The normalized spacial score (nSPS) is 19.6. The van der Waals surface area contributed by atoms with Crippen molar-refractivity contribution in [2.24, 2.45) is 11.7 Å². The molecule has 5 nitrogen and oxygen atoms in total. The van der Waals surface area contributed by atoms with Gasteiger partial charge in [-0.3, -0.25) is 4.79 Å². The van der Waals surface area contributed by atoms with Crippen molar-refractivity contribution in [3.05, 3.63) is 47.3 Å². The molecule has 152 valence electrons. The number of alkyl halides is 3. The molecular formula is C19H22ClF3N4O. The summed E-state index contributed by atoms with van der Waals surface area (Å²) in [4.78, 5) is 14.8. The minimum Gasteiger partial charge on any atom is -0.338 e. The van der Waals surface area contributed by atoms with Crippen molar-refractivity contribution < 1.29 is 18.0 Å². The van der Waals surface area contributed by atoms with E-state index in [-0.39, 0.29) is 24.2 Å². The molecule has 2 aromatic rings. The fraction of sp³-hybridized carbons (Fsp3) is 0.474. The van der Waals surface area contributed by atoms with E-state index < -0.39 is 11.7 Å². The number of aromatic nitrogens is 2. The molecule has 1 aromatic heterocycles. The number of hydrogen-bond donors (Lipinski definition) is 1. The second kappa shape index (κ2) is 7.75. The van der Waals surface area contributed by atoms with E-state index in [2.05, 4.69) is 5.10 Å². The molecule has 1 saturated heterocycles. The topological polar surface area (TPSA) is 64.2 Å². The summed E-state index contributed by atoms with van der Waals surface area (Å²) in [6.45, 7) is 1.82. The largest absolute Gasteiger partial charge is 0.416 e. The van der Waals surface area contributed by atoms with Gasteiger partial charge in [0, 0.05) is 19.0 Å². The van der Waals surface area contributed by atoms with Crippen LogP contribution < -0.4 is 5.73 Å². The molecule has 28 heavy (non-hydrogen) atoms. The molecule has 1 unspecified atom stereocenters. The van der Waals surface area contributed by atoms with E-state index in [1.54, 1.807) is 11.0 Å². The number of amides is 1. The van der Waals surface area contributed by atoms with E-state index in [1.165, 1.54) is 16.9 Å². The maximum atomic E-state index is 13.1. The zero-order chi connectivity index (χ0) is 19.2. The van der Waals surface area contributed by atoms with Crippen LogP contribution in [0.15, 0.2) is 30.5 Å². The predicted octanol–water partition coefficient (Wildman–Crippen LogP) is 3.61. The summed E-state index contributed by atoms with van der Waals surface area (Å²) in [5.41, 5.74) is 6.52. The second-order valence-corrected chi connectivity index (χ2v) is 7.32. The average molecular weight is 415 g/mol. The quantitative estimate of drug-likeness (QED) is 0.831. The van der Waals surface area contributed by atoms with E-state index in [9.17, 15) is 18.0 Å². The highest BCUT2D eigenvalue weighted by molar-refractivity contribution is 5.95. The molecule has 1 aromatic carbocycles. The van der Waals surface area contributed by atoms with Crippen LogP contribution in [0.5, 0.6) is 0 Å². The molecule has 2 N–H and O–H groups in total. The Kier molecular flexibility index (Phi) is 5.72. The lowest BCUT2D eigenvalue weighted by atomic mass is 10.1. The molecule has 0 spiro atoms. The SMILES string of the molecule is Cl.NCC1CCN(C(=O)c2cnn(-c3cccc(C(F)(F)F)c3)c2C2CC2)C1. The van der Waals surface area contributed by atoms with E-state index in [4.69, 9.17) is 5.73 Å². The number of carbonyl (C=O) groups excluding carboxylic acids is 1.